The number of hydrogen-bond donors (Lipinski definition) is 1. The highest BCUT2D eigenvalue weighted by molar-refractivity contribution is 5.84. The topological polar surface area (TPSA) is 45.3 Å². The largest absolute Gasteiger partial charge is 0.377 e. The summed E-state index contributed by atoms with van der Waals surface area (Å²) in [6.45, 7) is 5.23. The van der Waals surface area contributed by atoms with Crippen LogP contribution in [0.3, 0.4) is 0 Å². The van der Waals surface area contributed by atoms with Crippen LogP contribution in [0.4, 0.5) is 0 Å². The van der Waals surface area contributed by atoms with Gasteiger partial charge in [-0.15, -0.1) is 0 Å². The SMILES string of the molecule is CC(C)OCCN(C)C(=O)CCc1c[nH]c2ccccc12. The molecule has 2 rings (SSSR count). The number of carbonyl (C=O) groups is 1. The summed E-state index contributed by atoms with van der Waals surface area (Å²) in [6.07, 6.45) is 3.50. The van der Waals surface area contributed by atoms with Crippen LogP contribution in [0.15, 0.2) is 30.5 Å². The van der Waals surface area contributed by atoms with Gasteiger partial charge in [0.2, 0.25) is 5.91 Å². The molecule has 0 aliphatic rings. The Morgan fingerprint density at radius 3 is 2.86 bits per heavy atom. The van der Waals surface area contributed by atoms with Gasteiger partial charge in [0.1, 0.15) is 0 Å². The van der Waals surface area contributed by atoms with Crippen LogP contribution in [0.5, 0.6) is 0 Å². The van der Waals surface area contributed by atoms with Gasteiger partial charge < -0.3 is 14.6 Å². The Balaban J connectivity index is 1.83. The smallest absolute Gasteiger partial charge is 0.222 e. The van der Waals surface area contributed by atoms with Crippen molar-refractivity contribution in [3.63, 3.8) is 0 Å². The number of benzene rings is 1. The van der Waals surface area contributed by atoms with Gasteiger partial charge in [0.15, 0.2) is 0 Å². The highest BCUT2D eigenvalue weighted by atomic mass is 16.5. The summed E-state index contributed by atoms with van der Waals surface area (Å²) < 4.78 is 5.47. The van der Waals surface area contributed by atoms with Crippen LogP contribution < -0.4 is 0 Å². The van der Waals surface area contributed by atoms with Crippen LogP contribution in [0, 0.1) is 0 Å². The molecule has 0 bridgehead atoms. The van der Waals surface area contributed by atoms with Gasteiger partial charge in [0.05, 0.1) is 12.7 Å². The third kappa shape index (κ3) is 4.33. The van der Waals surface area contributed by atoms with Crippen molar-refractivity contribution in [1.82, 2.24) is 9.88 Å². The molecule has 0 fully saturated rings. The van der Waals surface area contributed by atoms with Crippen LogP contribution in [0.25, 0.3) is 10.9 Å². The van der Waals surface area contributed by atoms with Gasteiger partial charge in [-0.25, -0.2) is 0 Å². The highest BCUT2D eigenvalue weighted by Crippen LogP contribution is 2.19. The number of H-pyrrole nitrogens is 1. The maximum atomic E-state index is 12.1. The molecule has 1 aromatic heterocycles. The first-order chi connectivity index (χ1) is 10.1. The summed E-state index contributed by atoms with van der Waals surface area (Å²) in [5.74, 6) is 0.160. The Bertz CT molecular complexity index is 589. The van der Waals surface area contributed by atoms with Gasteiger partial charge in [0, 0.05) is 37.1 Å². The van der Waals surface area contributed by atoms with E-state index in [1.54, 1.807) is 4.90 Å². The number of para-hydroxylation sites is 1. The maximum absolute atomic E-state index is 12.1. The molecule has 4 heteroatoms. The third-order valence-electron chi connectivity index (χ3n) is 3.59. The number of nitrogens with one attached hydrogen (secondary N) is 1. The predicted octanol–water partition coefficient (Wildman–Crippen LogP) is 2.98. The molecule has 1 heterocycles. The summed E-state index contributed by atoms with van der Waals surface area (Å²) in [5, 5.41) is 1.20. The van der Waals surface area contributed by atoms with Crippen molar-refractivity contribution in [2.75, 3.05) is 20.2 Å². The van der Waals surface area contributed by atoms with Crippen molar-refractivity contribution >= 4 is 16.8 Å². The average Bonchev–Trinajstić information content (AvgIpc) is 2.87. The molecule has 114 valence electrons. The minimum Gasteiger partial charge on any atom is -0.377 e. The molecule has 0 spiro atoms. The lowest BCUT2D eigenvalue weighted by Gasteiger charge is -2.18. The van der Waals surface area contributed by atoms with Gasteiger partial charge in [-0.05, 0) is 31.9 Å². The minimum absolute atomic E-state index is 0.160. The lowest BCUT2D eigenvalue weighted by atomic mass is 10.1. The number of aromatic amines is 1. The van der Waals surface area contributed by atoms with Crippen molar-refractivity contribution in [3.8, 4) is 0 Å². The lowest BCUT2D eigenvalue weighted by Crippen LogP contribution is -2.30. The highest BCUT2D eigenvalue weighted by Gasteiger charge is 2.10. The van der Waals surface area contributed by atoms with Crippen LogP contribution >= 0.6 is 0 Å². The van der Waals surface area contributed by atoms with Gasteiger partial charge in [-0.3, -0.25) is 4.79 Å². The van der Waals surface area contributed by atoms with E-state index >= 15 is 0 Å². The zero-order chi connectivity index (χ0) is 15.2. The Hall–Kier alpha value is -1.81. The first-order valence-corrected chi connectivity index (χ1v) is 7.48. The summed E-state index contributed by atoms with van der Waals surface area (Å²) >= 11 is 0. The second-order valence-corrected chi connectivity index (χ2v) is 5.59. The number of aryl methyl sites for hydroxylation is 1. The second kappa shape index (κ2) is 7.27. The van der Waals surface area contributed by atoms with Crippen molar-refractivity contribution in [1.29, 1.82) is 0 Å². The van der Waals surface area contributed by atoms with E-state index in [9.17, 15) is 4.79 Å². The molecular formula is C17H24N2O2. The molecule has 2 aromatic rings. The van der Waals surface area contributed by atoms with Crippen LogP contribution in [0.2, 0.25) is 0 Å². The molecule has 1 N–H and O–H groups in total. The number of aromatic nitrogens is 1. The third-order valence-corrected chi connectivity index (χ3v) is 3.59. The molecule has 0 aliphatic carbocycles. The molecule has 1 aromatic carbocycles. The fourth-order valence-corrected chi connectivity index (χ4v) is 2.32. The quantitative estimate of drug-likeness (QED) is 0.851. The van der Waals surface area contributed by atoms with Gasteiger partial charge >= 0.3 is 0 Å². The van der Waals surface area contributed by atoms with Crippen LogP contribution in [0.1, 0.15) is 25.8 Å². The van der Waals surface area contributed by atoms with Gasteiger partial charge in [-0.1, -0.05) is 18.2 Å². The lowest BCUT2D eigenvalue weighted by molar-refractivity contribution is -0.130. The molecule has 0 saturated heterocycles. The van der Waals surface area contributed by atoms with Crippen molar-refractivity contribution in [2.45, 2.75) is 32.8 Å². The second-order valence-electron chi connectivity index (χ2n) is 5.59. The van der Waals surface area contributed by atoms with Crippen molar-refractivity contribution in [3.05, 3.63) is 36.0 Å². The molecule has 0 saturated carbocycles. The van der Waals surface area contributed by atoms with E-state index in [4.69, 9.17) is 4.74 Å². The summed E-state index contributed by atoms with van der Waals surface area (Å²) in [4.78, 5) is 17.1. The van der Waals surface area contributed by atoms with E-state index in [1.807, 2.05) is 39.2 Å². The molecule has 0 unspecified atom stereocenters. The first-order valence-electron chi connectivity index (χ1n) is 7.48. The van der Waals surface area contributed by atoms with E-state index in [0.717, 1.165) is 11.9 Å². The minimum atomic E-state index is 0.160. The van der Waals surface area contributed by atoms with E-state index < -0.39 is 0 Å². The number of fused-ring (bicyclic) bond motifs is 1. The number of rotatable bonds is 7. The fraction of sp³-hybridized carbons (Fsp3) is 0.471. The summed E-state index contributed by atoms with van der Waals surface area (Å²) in [6, 6.07) is 8.18. The molecule has 4 nitrogen and oxygen atoms in total. The number of likely N-dealkylation sites (N-methyl/N-ethyl adjacent to an activating group) is 1. The van der Waals surface area contributed by atoms with E-state index in [0.29, 0.717) is 19.6 Å². The van der Waals surface area contributed by atoms with E-state index in [-0.39, 0.29) is 12.0 Å². The number of amides is 1. The molecule has 0 aliphatic heterocycles. The number of nitrogens with zero attached hydrogens (tertiary/aromatic N) is 1. The monoisotopic (exact) mass is 288 g/mol. The van der Waals surface area contributed by atoms with Crippen LogP contribution in [-0.4, -0.2) is 42.1 Å². The molecular weight excluding hydrogens is 264 g/mol. The Labute approximate surface area is 126 Å². The fourth-order valence-electron chi connectivity index (χ4n) is 2.32. The Kier molecular flexibility index (Phi) is 5.39. The molecule has 0 atom stereocenters. The molecule has 1 amide bonds. The number of hydrogen-bond acceptors (Lipinski definition) is 2. The summed E-state index contributed by atoms with van der Waals surface area (Å²) in [7, 11) is 1.83. The molecule has 0 radical (unpaired) electrons. The van der Waals surface area contributed by atoms with Gasteiger partial charge in [0.25, 0.3) is 0 Å². The number of carbonyl (C=O) groups excluding carboxylic acids is 1. The predicted molar refractivity (Wildman–Crippen MR) is 85.3 cm³/mol. The number of ether oxygens (including phenoxy) is 1. The molecule has 21 heavy (non-hydrogen) atoms. The van der Waals surface area contributed by atoms with Crippen molar-refractivity contribution in [2.24, 2.45) is 0 Å². The van der Waals surface area contributed by atoms with Gasteiger partial charge in [-0.2, -0.15) is 0 Å². The Morgan fingerprint density at radius 2 is 2.10 bits per heavy atom. The summed E-state index contributed by atoms with van der Waals surface area (Å²) in [5.41, 5.74) is 2.32. The maximum Gasteiger partial charge on any atom is 0.222 e. The van der Waals surface area contributed by atoms with Crippen molar-refractivity contribution < 1.29 is 9.53 Å². The zero-order valence-electron chi connectivity index (χ0n) is 13.1. The normalized spacial score (nSPS) is 11.2. The zero-order valence-corrected chi connectivity index (χ0v) is 13.1. The first kappa shape index (κ1) is 15.6. The van der Waals surface area contributed by atoms with E-state index in [2.05, 4.69) is 17.1 Å². The average molecular weight is 288 g/mol. The standard InChI is InChI=1S/C17H24N2O2/c1-13(2)21-11-10-19(3)17(20)9-8-14-12-18-16-7-5-4-6-15(14)16/h4-7,12-13,18H,8-11H2,1-3H3. The Morgan fingerprint density at radius 1 is 1.33 bits per heavy atom. The van der Waals surface area contributed by atoms with E-state index in [1.165, 1.54) is 10.9 Å². The van der Waals surface area contributed by atoms with Crippen LogP contribution in [-0.2, 0) is 16.0 Å².